The summed E-state index contributed by atoms with van der Waals surface area (Å²) < 4.78 is 25.9. The Kier molecular flexibility index (Phi) is 7.70. The summed E-state index contributed by atoms with van der Waals surface area (Å²) in [5.41, 5.74) is 2.04. The van der Waals surface area contributed by atoms with Crippen molar-refractivity contribution in [1.29, 1.82) is 5.26 Å². The monoisotopic (exact) mass is 583 g/mol. The summed E-state index contributed by atoms with van der Waals surface area (Å²) in [6.07, 6.45) is 2.07. The number of hydrogen-bond donors (Lipinski definition) is 0. The number of sulfone groups is 1. The summed E-state index contributed by atoms with van der Waals surface area (Å²) in [5, 5.41) is 9.75. The zero-order valence-corrected chi connectivity index (χ0v) is 24.2. The van der Waals surface area contributed by atoms with Gasteiger partial charge in [0.25, 0.3) is 11.5 Å². The molecule has 204 valence electrons. The highest BCUT2D eigenvalue weighted by Gasteiger charge is 2.42. The molecule has 0 aliphatic carbocycles. The Morgan fingerprint density at radius 3 is 2.46 bits per heavy atom. The SMILES string of the molecule is Cc1c(/C=C2/SC(=S)N(C3CCS(=O)(=O)C3)C2=O)c(N2CCN(Cc3ccccc3)CC2)n(C)c(=O)c1C#N. The number of thiocarbonyl (C=S) groups is 1. The Balaban J connectivity index is 1.47. The number of pyridine rings is 1. The van der Waals surface area contributed by atoms with E-state index in [0.717, 1.165) is 31.4 Å². The van der Waals surface area contributed by atoms with Crippen LogP contribution in [0.5, 0.6) is 0 Å². The van der Waals surface area contributed by atoms with Crippen molar-refractivity contribution < 1.29 is 13.2 Å². The number of thioether (sulfide) groups is 1. The van der Waals surface area contributed by atoms with Crippen LogP contribution in [0.1, 0.15) is 28.7 Å². The lowest BCUT2D eigenvalue weighted by molar-refractivity contribution is -0.123. The zero-order chi connectivity index (χ0) is 27.9. The Hall–Kier alpha value is -2.98. The lowest BCUT2D eigenvalue weighted by Crippen LogP contribution is -2.48. The predicted octanol–water partition coefficient (Wildman–Crippen LogP) is 2.28. The fourth-order valence-corrected chi connectivity index (χ4v) is 8.54. The van der Waals surface area contributed by atoms with Gasteiger partial charge < -0.3 is 4.90 Å². The third-order valence-corrected chi connectivity index (χ3v) is 10.6. The lowest BCUT2D eigenvalue weighted by atomic mass is 10.0. The van der Waals surface area contributed by atoms with Gasteiger partial charge in [-0.15, -0.1) is 0 Å². The van der Waals surface area contributed by atoms with Crippen molar-refractivity contribution >= 4 is 55.9 Å². The molecule has 0 bridgehead atoms. The number of piperazine rings is 1. The minimum Gasteiger partial charge on any atom is -0.355 e. The van der Waals surface area contributed by atoms with Crippen molar-refractivity contribution in [2.24, 2.45) is 7.05 Å². The molecular formula is C27H29N5O4S3. The molecule has 2 aromatic rings. The first-order chi connectivity index (χ1) is 18.6. The molecule has 12 heteroatoms. The van der Waals surface area contributed by atoms with Crippen LogP contribution < -0.4 is 10.5 Å². The molecule has 0 saturated carbocycles. The number of amides is 1. The third kappa shape index (κ3) is 5.41. The highest BCUT2D eigenvalue weighted by atomic mass is 32.2. The smallest absolute Gasteiger partial charge is 0.270 e. The van der Waals surface area contributed by atoms with Gasteiger partial charge >= 0.3 is 0 Å². The summed E-state index contributed by atoms with van der Waals surface area (Å²) in [4.78, 5) is 32.8. The number of carbonyl (C=O) groups excluding carboxylic acids is 1. The van der Waals surface area contributed by atoms with Gasteiger partial charge in [-0.05, 0) is 30.5 Å². The van der Waals surface area contributed by atoms with Crippen molar-refractivity contribution in [2.45, 2.75) is 25.9 Å². The maximum Gasteiger partial charge on any atom is 0.270 e. The minimum absolute atomic E-state index is 0.0348. The standard InChI is InChI=1S/C27H29N5O4S3/c1-18-21(14-23-26(34)32(27(37)38-23)20-8-13-39(35,36)17-20)24(29(2)25(33)22(18)15-28)31-11-9-30(10-12-31)16-19-6-4-3-5-7-19/h3-7,14,20H,8-13,16-17H2,1-2H3/b23-14+. The van der Waals surface area contributed by atoms with E-state index >= 15 is 0 Å². The number of nitrogens with zero attached hydrogens (tertiary/aromatic N) is 5. The van der Waals surface area contributed by atoms with Gasteiger partial charge in [-0.2, -0.15) is 5.26 Å². The third-order valence-electron chi connectivity index (χ3n) is 7.56. The summed E-state index contributed by atoms with van der Waals surface area (Å²) in [6, 6.07) is 11.8. The minimum atomic E-state index is -3.20. The number of carbonyl (C=O) groups is 1. The number of aromatic nitrogens is 1. The van der Waals surface area contributed by atoms with Crippen molar-refractivity contribution in [2.75, 3.05) is 42.6 Å². The number of hydrogen-bond acceptors (Lipinski definition) is 9. The summed E-state index contributed by atoms with van der Waals surface area (Å²) in [7, 11) is -1.54. The zero-order valence-electron chi connectivity index (χ0n) is 21.8. The average Bonchev–Trinajstić information content (AvgIpc) is 3.40. The van der Waals surface area contributed by atoms with Crippen molar-refractivity contribution in [1.82, 2.24) is 14.4 Å². The summed E-state index contributed by atoms with van der Waals surface area (Å²) in [5.74, 6) is 0.268. The first-order valence-electron chi connectivity index (χ1n) is 12.7. The predicted molar refractivity (Wildman–Crippen MR) is 157 cm³/mol. The van der Waals surface area contributed by atoms with Crippen LogP contribution in [0.3, 0.4) is 0 Å². The van der Waals surface area contributed by atoms with E-state index in [1.54, 1.807) is 20.0 Å². The van der Waals surface area contributed by atoms with E-state index in [0.29, 0.717) is 45.7 Å². The van der Waals surface area contributed by atoms with Crippen LogP contribution in [0.4, 0.5) is 5.82 Å². The van der Waals surface area contributed by atoms with E-state index in [1.165, 1.54) is 15.0 Å². The van der Waals surface area contributed by atoms with Gasteiger partial charge in [0.1, 0.15) is 21.8 Å². The molecule has 3 saturated heterocycles. The molecule has 0 spiro atoms. The van der Waals surface area contributed by atoms with Crippen molar-refractivity contribution in [3.63, 3.8) is 0 Å². The quantitative estimate of drug-likeness (QED) is 0.387. The van der Waals surface area contributed by atoms with Gasteiger partial charge in [-0.1, -0.05) is 54.3 Å². The molecule has 1 aromatic heterocycles. The Labute approximate surface area is 237 Å². The van der Waals surface area contributed by atoms with Crippen LogP contribution in [0.25, 0.3) is 6.08 Å². The van der Waals surface area contributed by atoms with Gasteiger partial charge in [0.05, 0.1) is 22.5 Å². The van der Waals surface area contributed by atoms with Crippen LogP contribution in [0, 0.1) is 18.3 Å². The van der Waals surface area contributed by atoms with E-state index < -0.39 is 15.9 Å². The highest BCUT2D eigenvalue weighted by Crippen LogP contribution is 2.38. The molecule has 1 amide bonds. The van der Waals surface area contributed by atoms with E-state index in [2.05, 4.69) is 21.9 Å². The normalized spacial score (nSPS) is 22.6. The molecule has 39 heavy (non-hydrogen) atoms. The Morgan fingerprint density at radius 2 is 1.85 bits per heavy atom. The molecule has 9 nitrogen and oxygen atoms in total. The molecule has 5 rings (SSSR count). The topological polar surface area (TPSA) is 107 Å². The molecule has 4 heterocycles. The van der Waals surface area contributed by atoms with E-state index in [1.807, 2.05) is 24.3 Å². The van der Waals surface area contributed by atoms with Crippen molar-refractivity contribution in [3.8, 4) is 6.07 Å². The van der Waals surface area contributed by atoms with Crippen molar-refractivity contribution in [3.05, 3.63) is 67.8 Å². The van der Waals surface area contributed by atoms with E-state index in [-0.39, 0.29) is 28.5 Å². The molecule has 0 N–H and O–H groups in total. The first-order valence-corrected chi connectivity index (χ1v) is 15.8. The summed E-state index contributed by atoms with van der Waals surface area (Å²) in [6.45, 7) is 5.50. The molecule has 1 unspecified atom stereocenters. The molecule has 0 radical (unpaired) electrons. The number of rotatable bonds is 5. The van der Waals surface area contributed by atoms with Gasteiger partial charge in [0.15, 0.2) is 9.84 Å². The second kappa shape index (κ2) is 10.9. The molecular weight excluding hydrogens is 555 g/mol. The maximum atomic E-state index is 13.4. The number of nitriles is 1. The summed E-state index contributed by atoms with van der Waals surface area (Å²) >= 11 is 6.61. The first kappa shape index (κ1) is 27.6. The fourth-order valence-electron chi connectivity index (χ4n) is 5.46. The second-order valence-corrected chi connectivity index (χ2v) is 14.0. The van der Waals surface area contributed by atoms with Crippen LogP contribution in [0.15, 0.2) is 40.0 Å². The molecule has 3 fully saturated rings. The average molecular weight is 584 g/mol. The highest BCUT2D eigenvalue weighted by molar-refractivity contribution is 8.26. The Bertz CT molecular complexity index is 1570. The number of anilines is 1. The van der Waals surface area contributed by atoms with Crippen LogP contribution in [-0.2, 0) is 28.2 Å². The van der Waals surface area contributed by atoms with Crippen LogP contribution >= 0.6 is 24.0 Å². The van der Waals surface area contributed by atoms with Gasteiger partial charge in [-0.3, -0.25) is 24.0 Å². The van der Waals surface area contributed by atoms with E-state index in [4.69, 9.17) is 12.2 Å². The molecule has 1 aromatic carbocycles. The largest absolute Gasteiger partial charge is 0.355 e. The lowest BCUT2D eigenvalue weighted by Gasteiger charge is -2.37. The molecule has 3 aliphatic rings. The van der Waals surface area contributed by atoms with Gasteiger partial charge in [0, 0.05) is 45.3 Å². The van der Waals surface area contributed by atoms with Gasteiger partial charge in [0.2, 0.25) is 0 Å². The van der Waals surface area contributed by atoms with Gasteiger partial charge in [-0.25, -0.2) is 8.42 Å². The number of benzene rings is 1. The van der Waals surface area contributed by atoms with E-state index in [9.17, 15) is 23.3 Å². The fraction of sp³-hybridized carbons (Fsp3) is 0.407. The Morgan fingerprint density at radius 1 is 1.15 bits per heavy atom. The second-order valence-electron chi connectivity index (χ2n) is 10.1. The van der Waals surface area contributed by atoms with Crippen LogP contribution in [-0.4, -0.2) is 76.7 Å². The molecule has 3 aliphatic heterocycles. The van der Waals surface area contributed by atoms with Crippen LogP contribution in [0.2, 0.25) is 0 Å². The maximum absolute atomic E-state index is 13.4. The molecule has 1 atom stereocenters.